The number of methoxy groups -OCH3 is 1. The molecule has 0 saturated carbocycles. The van der Waals surface area contributed by atoms with E-state index in [1.807, 2.05) is 6.92 Å². The van der Waals surface area contributed by atoms with Gasteiger partial charge in [-0.3, -0.25) is 9.54 Å². The van der Waals surface area contributed by atoms with Gasteiger partial charge in [-0.05, 0) is 49.6 Å². The van der Waals surface area contributed by atoms with E-state index in [4.69, 9.17) is 4.74 Å². The van der Waals surface area contributed by atoms with Crippen molar-refractivity contribution in [2.45, 2.75) is 24.7 Å². The zero-order chi connectivity index (χ0) is 16.3. The number of hydrogen-bond acceptors (Lipinski definition) is 5. The second-order valence-corrected chi connectivity index (χ2v) is 6.27. The molecule has 0 unspecified atom stereocenters. The van der Waals surface area contributed by atoms with E-state index >= 15 is 0 Å². The average molecular weight is 323 g/mol. The van der Waals surface area contributed by atoms with E-state index in [1.165, 1.54) is 19.2 Å². The van der Waals surface area contributed by atoms with Crippen molar-refractivity contribution >= 4 is 10.1 Å². The molecule has 0 fully saturated rings. The summed E-state index contributed by atoms with van der Waals surface area (Å²) in [7, 11) is -3.02. The number of pyridine rings is 1. The minimum Gasteiger partial charge on any atom is -0.506 e. The van der Waals surface area contributed by atoms with E-state index in [1.54, 1.807) is 18.2 Å². The fourth-order valence-electron chi connectivity index (χ4n) is 2.13. The van der Waals surface area contributed by atoms with Crippen LogP contribution >= 0.6 is 0 Å². The number of ether oxygens (including phenoxy) is 1. The maximum absolute atomic E-state index is 11.4. The second kappa shape index (κ2) is 6.33. The summed E-state index contributed by atoms with van der Waals surface area (Å²) in [6, 6.07) is 7.85. The number of aromatic nitrogens is 1. The lowest BCUT2D eigenvalue weighted by Crippen LogP contribution is -2.03. The topological polar surface area (TPSA) is 96.7 Å². The molecule has 0 bridgehead atoms. The standard InChI is InChI=1S/C15H17NO5S/c1-10-3-7-13(17)12(16-10)6-4-11-5-8-14(21-2)15(9-11)22(18,19)20/h3,5,7-9,17H,4,6H2,1-2H3,(H,18,19,20). The normalized spacial score (nSPS) is 11.4. The zero-order valence-corrected chi connectivity index (χ0v) is 13.1. The molecular formula is C15H17NO5S. The minimum absolute atomic E-state index is 0.0859. The molecule has 0 saturated heterocycles. The van der Waals surface area contributed by atoms with Gasteiger partial charge in [0.1, 0.15) is 16.4 Å². The van der Waals surface area contributed by atoms with Crippen molar-refractivity contribution < 1.29 is 22.8 Å². The van der Waals surface area contributed by atoms with Crippen molar-refractivity contribution in [1.82, 2.24) is 4.98 Å². The lowest BCUT2D eigenvalue weighted by Gasteiger charge is -2.09. The van der Waals surface area contributed by atoms with Crippen LogP contribution in [0.3, 0.4) is 0 Å². The van der Waals surface area contributed by atoms with Gasteiger partial charge in [-0.2, -0.15) is 8.42 Å². The SMILES string of the molecule is COc1ccc(CCc2nc(C)ccc2O)cc1S(=O)(=O)O. The van der Waals surface area contributed by atoms with Crippen molar-refractivity contribution in [3.8, 4) is 11.5 Å². The summed E-state index contributed by atoms with van der Waals surface area (Å²) in [5.41, 5.74) is 2.03. The van der Waals surface area contributed by atoms with Crippen LogP contribution in [-0.2, 0) is 23.0 Å². The molecule has 0 radical (unpaired) electrons. The van der Waals surface area contributed by atoms with Gasteiger partial charge in [-0.1, -0.05) is 6.07 Å². The molecule has 1 heterocycles. The summed E-state index contributed by atoms with van der Waals surface area (Å²) >= 11 is 0. The molecule has 0 spiro atoms. The third-order valence-corrected chi connectivity index (χ3v) is 4.12. The number of rotatable bonds is 5. The highest BCUT2D eigenvalue weighted by Crippen LogP contribution is 2.25. The van der Waals surface area contributed by atoms with Crippen molar-refractivity contribution in [2.24, 2.45) is 0 Å². The lowest BCUT2D eigenvalue weighted by atomic mass is 10.1. The minimum atomic E-state index is -4.36. The highest BCUT2D eigenvalue weighted by Gasteiger charge is 2.17. The third-order valence-electron chi connectivity index (χ3n) is 3.25. The number of hydrogen-bond donors (Lipinski definition) is 2. The number of aryl methyl sites for hydroxylation is 3. The van der Waals surface area contributed by atoms with Crippen LogP contribution < -0.4 is 4.74 Å². The van der Waals surface area contributed by atoms with Crippen molar-refractivity contribution in [2.75, 3.05) is 7.11 Å². The Balaban J connectivity index is 2.25. The Morgan fingerprint density at radius 3 is 2.55 bits per heavy atom. The first-order chi connectivity index (χ1) is 10.3. The molecule has 0 aliphatic heterocycles. The summed E-state index contributed by atoms with van der Waals surface area (Å²) in [4.78, 5) is 3.98. The summed E-state index contributed by atoms with van der Waals surface area (Å²) in [5.74, 6) is 0.192. The van der Waals surface area contributed by atoms with E-state index in [0.717, 1.165) is 5.69 Å². The van der Waals surface area contributed by atoms with Gasteiger partial charge in [0.25, 0.3) is 10.1 Å². The lowest BCUT2D eigenvalue weighted by molar-refractivity contribution is 0.397. The monoisotopic (exact) mass is 323 g/mol. The van der Waals surface area contributed by atoms with Crippen LogP contribution in [0.2, 0.25) is 0 Å². The molecule has 118 valence electrons. The van der Waals surface area contributed by atoms with Gasteiger partial charge in [0, 0.05) is 5.69 Å². The van der Waals surface area contributed by atoms with Gasteiger partial charge in [0.05, 0.1) is 12.8 Å². The van der Waals surface area contributed by atoms with Crippen LogP contribution in [0.25, 0.3) is 0 Å². The van der Waals surface area contributed by atoms with Crippen molar-refractivity contribution in [3.05, 3.63) is 47.3 Å². The predicted octanol–water partition coefficient (Wildman–Crippen LogP) is 2.14. The smallest absolute Gasteiger partial charge is 0.298 e. The van der Waals surface area contributed by atoms with Crippen molar-refractivity contribution in [3.63, 3.8) is 0 Å². The summed E-state index contributed by atoms with van der Waals surface area (Å²) in [6.07, 6.45) is 0.918. The molecule has 1 aromatic carbocycles. The zero-order valence-electron chi connectivity index (χ0n) is 12.3. The number of aromatic hydroxyl groups is 1. The maximum Gasteiger partial charge on any atom is 0.298 e. The van der Waals surface area contributed by atoms with Gasteiger partial charge < -0.3 is 9.84 Å². The largest absolute Gasteiger partial charge is 0.506 e. The Labute approximate surface area is 129 Å². The van der Waals surface area contributed by atoms with Crippen LogP contribution in [0.1, 0.15) is 17.0 Å². The van der Waals surface area contributed by atoms with E-state index < -0.39 is 10.1 Å². The molecule has 0 atom stereocenters. The fraction of sp³-hybridized carbons (Fsp3) is 0.267. The summed E-state index contributed by atoms with van der Waals surface area (Å²) < 4.78 is 36.9. The molecule has 0 amide bonds. The summed E-state index contributed by atoms with van der Waals surface area (Å²) in [6.45, 7) is 1.83. The molecule has 1 aromatic heterocycles. The Bertz CT molecular complexity index is 787. The van der Waals surface area contributed by atoms with Crippen molar-refractivity contribution in [1.29, 1.82) is 0 Å². The van der Waals surface area contributed by atoms with E-state index in [0.29, 0.717) is 24.1 Å². The molecule has 2 aromatic rings. The van der Waals surface area contributed by atoms with Gasteiger partial charge in [0.2, 0.25) is 0 Å². The van der Waals surface area contributed by atoms with Gasteiger partial charge in [-0.15, -0.1) is 0 Å². The maximum atomic E-state index is 11.4. The average Bonchev–Trinajstić information content (AvgIpc) is 2.47. The van der Waals surface area contributed by atoms with Crippen LogP contribution in [-0.4, -0.2) is 30.2 Å². The number of benzene rings is 1. The van der Waals surface area contributed by atoms with Crippen LogP contribution in [0.15, 0.2) is 35.2 Å². The molecule has 0 aliphatic carbocycles. The summed E-state index contributed by atoms with van der Waals surface area (Å²) in [5, 5.41) is 9.76. The molecular weight excluding hydrogens is 306 g/mol. The van der Waals surface area contributed by atoms with E-state index in [9.17, 15) is 18.1 Å². The van der Waals surface area contributed by atoms with Crippen LogP contribution in [0.5, 0.6) is 11.5 Å². The van der Waals surface area contributed by atoms with Gasteiger partial charge in [0.15, 0.2) is 0 Å². The van der Waals surface area contributed by atoms with Crippen LogP contribution in [0.4, 0.5) is 0 Å². The highest BCUT2D eigenvalue weighted by atomic mass is 32.2. The fourth-order valence-corrected chi connectivity index (χ4v) is 2.83. The number of nitrogens with zero attached hydrogens (tertiary/aromatic N) is 1. The Morgan fingerprint density at radius 1 is 1.18 bits per heavy atom. The molecule has 2 rings (SSSR count). The molecule has 6 nitrogen and oxygen atoms in total. The third kappa shape index (κ3) is 3.75. The Hall–Kier alpha value is -2.12. The second-order valence-electron chi connectivity index (χ2n) is 4.88. The van der Waals surface area contributed by atoms with Gasteiger partial charge >= 0.3 is 0 Å². The first-order valence-electron chi connectivity index (χ1n) is 6.61. The Kier molecular flexibility index (Phi) is 4.68. The quantitative estimate of drug-likeness (QED) is 0.818. The van der Waals surface area contributed by atoms with Crippen LogP contribution in [0, 0.1) is 6.92 Å². The van der Waals surface area contributed by atoms with E-state index in [-0.39, 0.29) is 16.4 Å². The van der Waals surface area contributed by atoms with Gasteiger partial charge in [-0.25, -0.2) is 0 Å². The molecule has 7 heteroatoms. The highest BCUT2D eigenvalue weighted by molar-refractivity contribution is 7.86. The Morgan fingerprint density at radius 2 is 1.91 bits per heavy atom. The first kappa shape index (κ1) is 16.3. The predicted molar refractivity (Wildman–Crippen MR) is 80.9 cm³/mol. The molecule has 22 heavy (non-hydrogen) atoms. The molecule has 0 aliphatic rings. The molecule has 2 N–H and O–H groups in total. The van der Waals surface area contributed by atoms with E-state index in [2.05, 4.69) is 4.98 Å². The first-order valence-corrected chi connectivity index (χ1v) is 8.05.